The van der Waals surface area contributed by atoms with Gasteiger partial charge in [-0.2, -0.15) is 0 Å². The highest BCUT2D eigenvalue weighted by molar-refractivity contribution is 5.89. The fourth-order valence-electron chi connectivity index (χ4n) is 5.37. The molecule has 7 heteroatoms. The minimum Gasteiger partial charge on any atom is -0.497 e. The summed E-state index contributed by atoms with van der Waals surface area (Å²) in [6, 6.07) is 19.6. The van der Waals surface area contributed by atoms with E-state index in [4.69, 9.17) is 4.74 Å². The lowest BCUT2D eigenvalue weighted by Gasteiger charge is -2.57. The van der Waals surface area contributed by atoms with Gasteiger partial charge in [-0.1, -0.05) is 24.0 Å². The van der Waals surface area contributed by atoms with Gasteiger partial charge in [0.2, 0.25) is 0 Å². The molecule has 2 aliphatic rings. The molecule has 0 bridgehead atoms. The first-order valence-electron chi connectivity index (χ1n) is 12.7. The molecule has 2 saturated heterocycles. The number of urea groups is 1. The Bertz CT molecular complexity index is 1250. The second-order valence-corrected chi connectivity index (χ2v) is 9.51. The molecule has 0 spiro atoms. The van der Waals surface area contributed by atoms with Gasteiger partial charge in [0.25, 0.3) is 0 Å². The quantitative estimate of drug-likeness (QED) is 0.535. The van der Waals surface area contributed by atoms with E-state index in [9.17, 15) is 9.90 Å². The number of carbonyl (C=O) groups is 1. The largest absolute Gasteiger partial charge is 0.497 e. The maximum atomic E-state index is 13.2. The number of carbonyl (C=O) groups excluding carboxylic acids is 1. The van der Waals surface area contributed by atoms with Crippen LogP contribution in [0.5, 0.6) is 5.75 Å². The van der Waals surface area contributed by atoms with Crippen LogP contribution in [0.3, 0.4) is 0 Å². The van der Waals surface area contributed by atoms with E-state index in [0.717, 1.165) is 42.0 Å². The van der Waals surface area contributed by atoms with Crippen molar-refractivity contribution in [2.45, 2.75) is 30.8 Å². The summed E-state index contributed by atoms with van der Waals surface area (Å²) in [5.41, 5.74) is 3.72. The van der Waals surface area contributed by atoms with Gasteiger partial charge in [-0.05, 0) is 73.5 Å². The number of anilines is 1. The minimum atomic E-state index is -0.0979. The van der Waals surface area contributed by atoms with Gasteiger partial charge in [0.1, 0.15) is 5.75 Å². The molecule has 2 fully saturated rings. The van der Waals surface area contributed by atoms with E-state index in [1.54, 1.807) is 19.5 Å². The standard InChI is InChI=1S/C30H32N4O3/c1-37-26-14-12-25(13-15-26)32-30(36)33-17-2-3-18-34-27(20-33)29(28(34)21-35)24-10-8-22(9-11-24)6-7-23-5-4-16-31-19-23/h4-5,8-16,19,27-29,35H,2-3,17-18,20-21H2,1H3,(H,32,36)/t27-,28+,29?/m0/s1. The van der Waals surface area contributed by atoms with Gasteiger partial charge in [0, 0.05) is 60.3 Å². The molecule has 2 aromatic carbocycles. The molecule has 190 valence electrons. The molecule has 0 saturated carbocycles. The molecule has 7 nitrogen and oxygen atoms in total. The highest BCUT2D eigenvalue weighted by atomic mass is 16.5. The lowest BCUT2D eigenvalue weighted by Crippen LogP contribution is -2.68. The molecule has 1 unspecified atom stereocenters. The lowest BCUT2D eigenvalue weighted by atomic mass is 9.74. The average molecular weight is 497 g/mol. The number of hydrogen-bond acceptors (Lipinski definition) is 5. The summed E-state index contributed by atoms with van der Waals surface area (Å²) in [4.78, 5) is 21.6. The maximum Gasteiger partial charge on any atom is 0.321 e. The van der Waals surface area contributed by atoms with Crippen molar-refractivity contribution in [2.75, 3.05) is 38.7 Å². The Labute approximate surface area is 218 Å². The normalized spacial score (nSPS) is 21.4. The van der Waals surface area contributed by atoms with Crippen molar-refractivity contribution in [3.8, 4) is 17.6 Å². The molecule has 1 aromatic heterocycles. The van der Waals surface area contributed by atoms with Gasteiger partial charge in [-0.25, -0.2) is 4.79 Å². The SMILES string of the molecule is COc1ccc(NC(=O)N2CCCCN3[C@H](CO)C(c4ccc(C#Cc5cccnc5)cc4)[C@@H]3C2)cc1. The molecular formula is C30H32N4O3. The topological polar surface area (TPSA) is 77.9 Å². The van der Waals surface area contributed by atoms with E-state index < -0.39 is 0 Å². The van der Waals surface area contributed by atoms with E-state index in [0.29, 0.717) is 13.1 Å². The van der Waals surface area contributed by atoms with Crippen molar-refractivity contribution in [1.29, 1.82) is 0 Å². The van der Waals surface area contributed by atoms with Gasteiger partial charge < -0.3 is 20.1 Å². The van der Waals surface area contributed by atoms with E-state index in [1.807, 2.05) is 53.4 Å². The Morgan fingerprint density at radius 3 is 2.51 bits per heavy atom. The minimum absolute atomic E-state index is 0.0573. The number of pyridine rings is 1. The molecule has 3 atom stereocenters. The highest BCUT2D eigenvalue weighted by Gasteiger charge is 2.49. The van der Waals surface area contributed by atoms with E-state index in [2.05, 4.69) is 39.2 Å². The summed E-state index contributed by atoms with van der Waals surface area (Å²) < 4.78 is 5.21. The number of fused-ring (bicyclic) bond motifs is 1. The second-order valence-electron chi connectivity index (χ2n) is 9.51. The summed E-state index contributed by atoms with van der Waals surface area (Å²) >= 11 is 0. The van der Waals surface area contributed by atoms with E-state index in [-0.39, 0.29) is 30.6 Å². The summed E-state index contributed by atoms with van der Waals surface area (Å²) in [5, 5.41) is 13.3. The van der Waals surface area contributed by atoms with Gasteiger partial charge in [-0.15, -0.1) is 0 Å². The van der Waals surface area contributed by atoms with Crippen LogP contribution in [0.2, 0.25) is 0 Å². The van der Waals surface area contributed by atoms with E-state index >= 15 is 0 Å². The highest BCUT2D eigenvalue weighted by Crippen LogP contribution is 2.42. The number of rotatable bonds is 4. The number of nitrogens with one attached hydrogen (secondary N) is 1. The molecular weight excluding hydrogens is 464 g/mol. The Balaban J connectivity index is 1.30. The first-order valence-corrected chi connectivity index (χ1v) is 12.7. The van der Waals surface area contributed by atoms with Crippen LogP contribution in [-0.2, 0) is 0 Å². The smallest absolute Gasteiger partial charge is 0.321 e. The fraction of sp³-hybridized carbons (Fsp3) is 0.333. The number of aliphatic hydroxyl groups is 1. The van der Waals surface area contributed by atoms with Crippen molar-refractivity contribution >= 4 is 11.7 Å². The molecule has 2 N–H and O–H groups in total. The lowest BCUT2D eigenvalue weighted by molar-refractivity contribution is -0.0585. The number of benzene rings is 2. The zero-order valence-corrected chi connectivity index (χ0v) is 21.0. The Hall–Kier alpha value is -3.86. The number of ether oxygens (including phenoxy) is 1. The third-order valence-electron chi connectivity index (χ3n) is 7.31. The van der Waals surface area contributed by atoms with Crippen molar-refractivity contribution in [2.24, 2.45) is 0 Å². The summed E-state index contributed by atoms with van der Waals surface area (Å²) in [5.74, 6) is 7.24. The van der Waals surface area contributed by atoms with Crippen molar-refractivity contribution in [3.05, 3.63) is 89.7 Å². The van der Waals surface area contributed by atoms with Crippen LogP contribution in [0.15, 0.2) is 73.1 Å². The van der Waals surface area contributed by atoms with Crippen molar-refractivity contribution in [3.63, 3.8) is 0 Å². The first kappa shape index (κ1) is 24.8. The average Bonchev–Trinajstić information content (AvgIpc) is 2.92. The van der Waals surface area contributed by atoms with Gasteiger partial charge in [0.15, 0.2) is 0 Å². The van der Waals surface area contributed by atoms with Gasteiger partial charge >= 0.3 is 6.03 Å². The van der Waals surface area contributed by atoms with Gasteiger partial charge in [0.05, 0.1) is 13.7 Å². The van der Waals surface area contributed by atoms with Crippen LogP contribution >= 0.6 is 0 Å². The maximum absolute atomic E-state index is 13.2. The number of aliphatic hydroxyl groups excluding tert-OH is 1. The van der Waals surface area contributed by atoms with Crippen LogP contribution in [0.4, 0.5) is 10.5 Å². The van der Waals surface area contributed by atoms with Crippen molar-refractivity contribution in [1.82, 2.24) is 14.8 Å². The third kappa shape index (κ3) is 5.61. The monoisotopic (exact) mass is 496 g/mol. The molecule has 2 amide bonds. The molecule has 3 aromatic rings. The van der Waals surface area contributed by atoms with Crippen molar-refractivity contribution < 1.29 is 14.6 Å². The number of aromatic nitrogens is 1. The number of nitrogens with zero attached hydrogens (tertiary/aromatic N) is 3. The van der Waals surface area contributed by atoms with Crippen LogP contribution < -0.4 is 10.1 Å². The van der Waals surface area contributed by atoms with Gasteiger partial charge in [-0.3, -0.25) is 9.88 Å². The molecule has 37 heavy (non-hydrogen) atoms. The second kappa shape index (κ2) is 11.5. The zero-order valence-electron chi connectivity index (χ0n) is 21.0. The molecule has 0 radical (unpaired) electrons. The predicted octanol–water partition coefficient (Wildman–Crippen LogP) is 3.95. The number of amides is 2. The van der Waals surface area contributed by atoms with Crippen LogP contribution in [-0.4, -0.2) is 71.4 Å². The summed E-state index contributed by atoms with van der Waals surface area (Å²) in [6.07, 6.45) is 5.42. The molecule has 2 aliphatic heterocycles. The fourth-order valence-corrected chi connectivity index (χ4v) is 5.37. The Kier molecular flexibility index (Phi) is 7.69. The van der Waals surface area contributed by atoms with Crippen LogP contribution in [0, 0.1) is 11.8 Å². The Morgan fingerprint density at radius 2 is 1.81 bits per heavy atom. The first-order chi connectivity index (χ1) is 18.2. The van der Waals surface area contributed by atoms with Crippen LogP contribution in [0.1, 0.15) is 35.4 Å². The molecule has 5 rings (SSSR count). The summed E-state index contributed by atoms with van der Waals surface area (Å²) in [6.45, 7) is 2.37. The summed E-state index contributed by atoms with van der Waals surface area (Å²) in [7, 11) is 1.62. The van der Waals surface area contributed by atoms with Crippen LogP contribution in [0.25, 0.3) is 0 Å². The number of hydrogen-bond donors (Lipinski definition) is 2. The third-order valence-corrected chi connectivity index (χ3v) is 7.31. The van der Waals surface area contributed by atoms with E-state index in [1.165, 1.54) is 5.56 Å². The molecule has 0 aliphatic carbocycles. The molecule has 3 heterocycles. The Morgan fingerprint density at radius 1 is 1.05 bits per heavy atom. The predicted molar refractivity (Wildman–Crippen MR) is 144 cm³/mol. The zero-order chi connectivity index (χ0) is 25.6. The number of methoxy groups -OCH3 is 1.